The van der Waals surface area contributed by atoms with Crippen molar-refractivity contribution in [2.75, 3.05) is 0 Å². The summed E-state index contributed by atoms with van der Waals surface area (Å²) in [5.74, 6) is 0.215. The topological polar surface area (TPSA) is 179 Å². The summed E-state index contributed by atoms with van der Waals surface area (Å²) >= 11 is 0. The third-order valence-electron chi connectivity index (χ3n) is 2.23. The molecule has 0 aliphatic rings. The molecule has 0 aliphatic heterocycles. The fourth-order valence-corrected chi connectivity index (χ4v) is 1.26. The standard InChI is InChI=1S/3C6H6O.3H3N/c3*7-6-4-2-1-3-5-6;;;/h3*1-5,7H;3*1H3. The SMILES string of the molecule is [NH4+].[NH4+].[NH4+].[O-]c1ccccc1.[O-]c1ccccc1.[O-]c1ccccc1. The number of hydrogen-bond donors (Lipinski definition) is 3. The second-order valence-corrected chi connectivity index (χ2v) is 3.94. The lowest BCUT2D eigenvalue weighted by molar-refractivity contribution is -0.269. The van der Waals surface area contributed by atoms with Crippen molar-refractivity contribution in [3.63, 3.8) is 0 Å². The molecular formula is C18H27N3O3. The van der Waals surface area contributed by atoms with E-state index < -0.39 is 0 Å². The van der Waals surface area contributed by atoms with E-state index in [9.17, 15) is 15.3 Å². The Labute approximate surface area is 142 Å². The van der Waals surface area contributed by atoms with Crippen LogP contribution in [0.5, 0.6) is 17.2 Å². The Morgan fingerprint density at radius 3 is 0.583 bits per heavy atom. The number of hydrogen-bond acceptors (Lipinski definition) is 3. The monoisotopic (exact) mass is 333 g/mol. The summed E-state index contributed by atoms with van der Waals surface area (Å²) in [4.78, 5) is 0. The minimum absolute atomic E-state index is 0. The highest BCUT2D eigenvalue weighted by molar-refractivity contribution is 5.18. The van der Waals surface area contributed by atoms with Gasteiger partial charge >= 0.3 is 0 Å². The highest BCUT2D eigenvalue weighted by Crippen LogP contribution is 1.99. The van der Waals surface area contributed by atoms with Crippen molar-refractivity contribution >= 4 is 0 Å². The van der Waals surface area contributed by atoms with Gasteiger partial charge < -0.3 is 33.8 Å². The molecule has 3 aromatic rings. The Morgan fingerprint density at radius 1 is 0.333 bits per heavy atom. The Morgan fingerprint density at radius 2 is 0.500 bits per heavy atom. The lowest BCUT2D eigenvalue weighted by atomic mass is 10.3. The first-order chi connectivity index (χ1) is 10.2. The van der Waals surface area contributed by atoms with Crippen LogP contribution < -0.4 is 33.8 Å². The van der Waals surface area contributed by atoms with Crippen LogP contribution in [-0.2, 0) is 0 Å². The zero-order chi connectivity index (χ0) is 15.3. The predicted molar refractivity (Wildman–Crippen MR) is 95.6 cm³/mol. The predicted octanol–water partition coefficient (Wildman–Crippen LogP) is 3.41. The number of benzene rings is 3. The van der Waals surface area contributed by atoms with Crippen molar-refractivity contribution < 1.29 is 15.3 Å². The molecule has 3 aromatic carbocycles. The van der Waals surface area contributed by atoms with Gasteiger partial charge in [-0.15, -0.1) is 17.2 Å². The molecule has 132 valence electrons. The van der Waals surface area contributed by atoms with Gasteiger partial charge in [-0.1, -0.05) is 91.0 Å². The van der Waals surface area contributed by atoms with Gasteiger partial charge in [0.15, 0.2) is 0 Å². The summed E-state index contributed by atoms with van der Waals surface area (Å²) in [7, 11) is 0. The minimum atomic E-state index is 0. The molecule has 3 rings (SSSR count). The van der Waals surface area contributed by atoms with Crippen LogP contribution in [0.15, 0.2) is 91.0 Å². The van der Waals surface area contributed by atoms with Gasteiger partial charge in [-0.2, -0.15) is 0 Å². The second kappa shape index (κ2) is 16.3. The number of rotatable bonds is 0. The van der Waals surface area contributed by atoms with Gasteiger partial charge in [0.2, 0.25) is 0 Å². The molecule has 0 saturated heterocycles. The Hall–Kier alpha value is -3.06. The van der Waals surface area contributed by atoms with E-state index >= 15 is 0 Å². The van der Waals surface area contributed by atoms with Gasteiger partial charge in [0.1, 0.15) is 0 Å². The molecule has 0 heterocycles. The summed E-state index contributed by atoms with van der Waals surface area (Å²) in [6, 6.07) is 25.0. The maximum Gasteiger partial charge on any atom is -0.0623 e. The maximum atomic E-state index is 10.3. The Kier molecular flexibility index (Phi) is 17.6. The largest absolute Gasteiger partial charge is 0.872 e. The molecule has 0 saturated carbocycles. The average molecular weight is 333 g/mol. The average Bonchev–Trinajstić information content (AvgIpc) is 2.51. The summed E-state index contributed by atoms with van der Waals surface area (Å²) in [5, 5.41) is 30.8. The van der Waals surface area contributed by atoms with E-state index in [2.05, 4.69) is 0 Å². The van der Waals surface area contributed by atoms with Gasteiger partial charge in [-0.25, -0.2) is 0 Å². The fraction of sp³-hybridized carbons (Fsp3) is 0. The molecule has 0 aromatic heterocycles. The normalized spacial score (nSPS) is 7.50. The zero-order valence-corrected chi connectivity index (χ0v) is 14.4. The molecule has 0 amide bonds. The summed E-state index contributed by atoms with van der Waals surface area (Å²) in [6.07, 6.45) is 0. The van der Waals surface area contributed by atoms with Crippen LogP contribution in [0.25, 0.3) is 0 Å². The highest BCUT2D eigenvalue weighted by Gasteiger charge is 1.66. The van der Waals surface area contributed by atoms with Crippen LogP contribution in [0.3, 0.4) is 0 Å². The van der Waals surface area contributed by atoms with E-state index in [0.717, 1.165) is 0 Å². The zero-order valence-electron chi connectivity index (χ0n) is 14.4. The van der Waals surface area contributed by atoms with Crippen LogP contribution in [0.1, 0.15) is 0 Å². The van der Waals surface area contributed by atoms with Gasteiger partial charge in [0, 0.05) is 0 Å². The molecule has 0 spiro atoms. The van der Waals surface area contributed by atoms with Crippen LogP contribution in [0.2, 0.25) is 0 Å². The lowest BCUT2D eigenvalue weighted by Gasteiger charge is -1.98. The van der Waals surface area contributed by atoms with Gasteiger partial charge in [0.25, 0.3) is 0 Å². The van der Waals surface area contributed by atoms with Crippen molar-refractivity contribution in [3.8, 4) is 17.2 Å². The quantitative estimate of drug-likeness (QED) is 0.571. The third-order valence-corrected chi connectivity index (χ3v) is 2.23. The van der Waals surface area contributed by atoms with Crippen molar-refractivity contribution in [2.24, 2.45) is 0 Å². The van der Waals surface area contributed by atoms with Crippen molar-refractivity contribution in [3.05, 3.63) is 91.0 Å². The third kappa shape index (κ3) is 13.9. The smallest absolute Gasteiger partial charge is 0.0623 e. The Bertz CT molecular complexity index is 505. The second-order valence-electron chi connectivity index (χ2n) is 3.94. The van der Waals surface area contributed by atoms with Gasteiger partial charge in [0.05, 0.1) is 0 Å². The van der Waals surface area contributed by atoms with E-state index in [4.69, 9.17) is 0 Å². The first-order valence-corrected chi connectivity index (χ1v) is 6.34. The number of quaternary nitrogens is 3. The van der Waals surface area contributed by atoms with Crippen molar-refractivity contribution in [1.82, 2.24) is 18.5 Å². The maximum absolute atomic E-state index is 10.3. The first-order valence-electron chi connectivity index (χ1n) is 6.34. The molecule has 24 heavy (non-hydrogen) atoms. The molecule has 0 fully saturated rings. The highest BCUT2D eigenvalue weighted by atomic mass is 16.3. The minimum Gasteiger partial charge on any atom is -0.872 e. The number of para-hydroxylation sites is 3. The molecule has 12 N–H and O–H groups in total. The molecule has 6 heteroatoms. The van der Waals surface area contributed by atoms with Gasteiger partial charge in [-0.3, -0.25) is 0 Å². The van der Waals surface area contributed by atoms with Gasteiger partial charge in [-0.05, 0) is 0 Å². The fourth-order valence-electron chi connectivity index (χ4n) is 1.26. The van der Waals surface area contributed by atoms with E-state index in [-0.39, 0.29) is 35.7 Å². The van der Waals surface area contributed by atoms with E-state index in [0.29, 0.717) is 0 Å². The summed E-state index contributed by atoms with van der Waals surface area (Å²) < 4.78 is 0. The summed E-state index contributed by atoms with van der Waals surface area (Å²) in [5.41, 5.74) is 0. The van der Waals surface area contributed by atoms with E-state index in [1.807, 2.05) is 18.2 Å². The van der Waals surface area contributed by atoms with Crippen molar-refractivity contribution in [1.29, 1.82) is 0 Å². The van der Waals surface area contributed by atoms with Crippen LogP contribution in [-0.4, -0.2) is 0 Å². The van der Waals surface area contributed by atoms with E-state index in [1.165, 1.54) is 36.4 Å². The first kappa shape index (κ1) is 25.9. The molecule has 0 atom stereocenters. The molecule has 0 unspecified atom stereocenters. The van der Waals surface area contributed by atoms with E-state index in [1.54, 1.807) is 36.4 Å². The molecule has 0 bridgehead atoms. The molecular weight excluding hydrogens is 306 g/mol. The lowest BCUT2D eigenvalue weighted by Crippen LogP contribution is -1.85. The Balaban J connectivity index is -0.000000259. The molecule has 6 nitrogen and oxygen atoms in total. The summed E-state index contributed by atoms with van der Waals surface area (Å²) in [6.45, 7) is 0. The molecule has 0 radical (unpaired) electrons. The van der Waals surface area contributed by atoms with Crippen LogP contribution in [0.4, 0.5) is 0 Å². The van der Waals surface area contributed by atoms with Crippen molar-refractivity contribution in [2.45, 2.75) is 0 Å². The molecule has 0 aliphatic carbocycles. The van der Waals surface area contributed by atoms with Crippen LogP contribution >= 0.6 is 0 Å². The van der Waals surface area contributed by atoms with Crippen LogP contribution in [0, 0.1) is 0 Å².